The molecule has 1 aliphatic heterocycles. The molecule has 3 heterocycles. The van der Waals surface area contributed by atoms with Crippen LogP contribution in [0.25, 0.3) is 10.9 Å². The third-order valence-electron chi connectivity index (χ3n) is 3.89. The maximum atomic E-state index is 6.22. The number of nitrogens with zero attached hydrogens (tertiary/aromatic N) is 4. The highest BCUT2D eigenvalue weighted by molar-refractivity contribution is 9.10. The molecule has 2 aromatic heterocycles. The average molecular weight is 344 g/mol. The molecule has 0 atom stereocenters. The molecule has 0 spiro atoms. The molecule has 0 saturated carbocycles. The minimum absolute atomic E-state index is 0.709. The monoisotopic (exact) mass is 343 g/mol. The van der Waals surface area contributed by atoms with Gasteiger partial charge in [0.1, 0.15) is 5.82 Å². The van der Waals surface area contributed by atoms with E-state index >= 15 is 0 Å². The predicted molar refractivity (Wildman–Crippen MR) is 87.1 cm³/mol. The Labute approximate surface area is 130 Å². The van der Waals surface area contributed by atoms with Gasteiger partial charge < -0.3 is 15.2 Å². The molecular weight excluding hydrogens is 330 g/mol. The van der Waals surface area contributed by atoms with E-state index in [2.05, 4.69) is 41.4 Å². The van der Waals surface area contributed by atoms with Crippen molar-refractivity contribution in [2.45, 2.75) is 13.1 Å². The summed E-state index contributed by atoms with van der Waals surface area (Å²) in [7, 11) is 0. The first-order valence-corrected chi connectivity index (χ1v) is 7.60. The van der Waals surface area contributed by atoms with Crippen molar-refractivity contribution in [3.8, 4) is 0 Å². The number of nitrogens with two attached hydrogens (primary N) is 1. The molecule has 0 aliphatic carbocycles. The van der Waals surface area contributed by atoms with Crippen molar-refractivity contribution in [3.05, 3.63) is 47.1 Å². The van der Waals surface area contributed by atoms with Gasteiger partial charge in [-0.15, -0.1) is 0 Å². The van der Waals surface area contributed by atoms with E-state index < -0.39 is 0 Å². The van der Waals surface area contributed by atoms with Gasteiger partial charge in [0, 0.05) is 35.3 Å². The van der Waals surface area contributed by atoms with Crippen molar-refractivity contribution in [2.75, 3.05) is 17.2 Å². The Bertz CT molecular complexity index is 821. The Morgan fingerprint density at radius 1 is 1.19 bits per heavy atom. The van der Waals surface area contributed by atoms with Crippen molar-refractivity contribution in [3.63, 3.8) is 0 Å². The van der Waals surface area contributed by atoms with Gasteiger partial charge in [0.15, 0.2) is 0 Å². The molecule has 3 aromatic rings. The molecular formula is C15H14BrN5. The van der Waals surface area contributed by atoms with Crippen LogP contribution in [-0.4, -0.2) is 21.1 Å². The van der Waals surface area contributed by atoms with Gasteiger partial charge >= 0.3 is 0 Å². The fraction of sp³-hybridized carbons (Fsp3) is 0.200. The fourth-order valence-electron chi connectivity index (χ4n) is 2.88. The number of hydrogen-bond acceptors (Lipinski definition) is 4. The summed E-state index contributed by atoms with van der Waals surface area (Å²) in [6.07, 6.45) is 5.62. The van der Waals surface area contributed by atoms with Gasteiger partial charge in [-0.1, -0.05) is 15.9 Å². The average Bonchev–Trinajstić information content (AvgIpc) is 2.94. The fourth-order valence-corrected chi connectivity index (χ4v) is 3.24. The van der Waals surface area contributed by atoms with E-state index in [0.29, 0.717) is 5.69 Å². The summed E-state index contributed by atoms with van der Waals surface area (Å²) < 4.78 is 3.22. The Kier molecular flexibility index (Phi) is 2.85. The van der Waals surface area contributed by atoms with Crippen LogP contribution in [0.3, 0.4) is 0 Å². The third-order valence-corrected chi connectivity index (χ3v) is 4.38. The molecule has 1 aliphatic rings. The normalized spacial score (nSPS) is 14.4. The summed E-state index contributed by atoms with van der Waals surface area (Å²) >= 11 is 3.53. The highest BCUT2D eigenvalue weighted by atomic mass is 79.9. The molecule has 2 N–H and O–H groups in total. The molecule has 0 fully saturated rings. The summed E-state index contributed by atoms with van der Waals surface area (Å²) in [4.78, 5) is 11.1. The largest absolute Gasteiger partial charge is 0.396 e. The number of nitrogen functional groups attached to an aromatic ring is 1. The van der Waals surface area contributed by atoms with E-state index in [9.17, 15) is 0 Å². The third kappa shape index (κ3) is 2.06. The maximum Gasteiger partial charge on any atom is 0.128 e. The van der Waals surface area contributed by atoms with Crippen LogP contribution >= 0.6 is 15.9 Å². The molecule has 1 aromatic carbocycles. The van der Waals surface area contributed by atoms with Gasteiger partial charge in [-0.05, 0) is 18.2 Å². The summed E-state index contributed by atoms with van der Waals surface area (Å²) in [5.41, 5.74) is 8.93. The number of rotatable bonds is 1. The lowest BCUT2D eigenvalue weighted by molar-refractivity contribution is 0.561. The lowest BCUT2D eigenvalue weighted by Gasteiger charge is -2.31. The Morgan fingerprint density at radius 3 is 3.00 bits per heavy atom. The quantitative estimate of drug-likeness (QED) is 0.738. The zero-order valence-corrected chi connectivity index (χ0v) is 12.9. The van der Waals surface area contributed by atoms with E-state index in [1.54, 1.807) is 6.20 Å². The summed E-state index contributed by atoms with van der Waals surface area (Å²) in [6.45, 7) is 2.61. The standard InChI is InChI=1S/C15H14BrN5/c16-10-1-2-13-11(7-10)15(12(17)8-19-13)21-6-5-20-4-3-18-14(20)9-21/h1-4,7-8H,5-6,9,17H2. The number of halogens is 1. The van der Waals surface area contributed by atoms with Crippen molar-refractivity contribution < 1.29 is 0 Å². The number of benzene rings is 1. The highest BCUT2D eigenvalue weighted by Crippen LogP contribution is 2.34. The molecule has 0 bridgehead atoms. The molecule has 0 saturated heterocycles. The molecule has 21 heavy (non-hydrogen) atoms. The van der Waals surface area contributed by atoms with Crippen LogP contribution in [0, 0.1) is 0 Å². The van der Waals surface area contributed by atoms with Crippen LogP contribution in [0.4, 0.5) is 11.4 Å². The summed E-state index contributed by atoms with van der Waals surface area (Å²) in [5, 5.41) is 1.07. The molecule has 0 unspecified atom stereocenters. The van der Waals surface area contributed by atoms with Gasteiger partial charge in [0.25, 0.3) is 0 Å². The second kappa shape index (κ2) is 4.73. The molecule has 0 amide bonds. The van der Waals surface area contributed by atoms with Crippen LogP contribution in [0.2, 0.25) is 0 Å². The lowest BCUT2D eigenvalue weighted by Crippen LogP contribution is -2.34. The number of aromatic nitrogens is 3. The van der Waals surface area contributed by atoms with Crippen LogP contribution in [0.5, 0.6) is 0 Å². The van der Waals surface area contributed by atoms with E-state index in [1.165, 1.54) is 0 Å². The van der Waals surface area contributed by atoms with Gasteiger partial charge in [0.2, 0.25) is 0 Å². The van der Waals surface area contributed by atoms with Crippen molar-refractivity contribution >= 4 is 38.2 Å². The lowest BCUT2D eigenvalue weighted by atomic mass is 10.1. The topological polar surface area (TPSA) is 60.0 Å². The van der Waals surface area contributed by atoms with Crippen LogP contribution in [0.15, 0.2) is 41.3 Å². The van der Waals surface area contributed by atoms with Gasteiger partial charge in [-0.2, -0.15) is 0 Å². The van der Waals surface area contributed by atoms with Gasteiger partial charge in [-0.25, -0.2) is 4.98 Å². The number of anilines is 2. The zero-order chi connectivity index (χ0) is 14.4. The Hall–Kier alpha value is -2.08. The van der Waals surface area contributed by atoms with Crippen molar-refractivity contribution in [2.24, 2.45) is 0 Å². The van der Waals surface area contributed by atoms with Crippen molar-refractivity contribution in [1.82, 2.24) is 14.5 Å². The number of pyridine rings is 1. The number of imidazole rings is 1. The van der Waals surface area contributed by atoms with E-state index in [1.807, 2.05) is 24.5 Å². The Balaban J connectivity index is 1.86. The molecule has 106 valence electrons. The first kappa shape index (κ1) is 12.6. The molecule has 4 rings (SSSR count). The zero-order valence-electron chi connectivity index (χ0n) is 11.3. The van der Waals surface area contributed by atoms with Gasteiger partial charge in [0.05, 0.1) is 29.6 Å². The smallest absolute Gasteiger partial charge is 0.128 e. The van der Waals surface area contributed by atoms with E-state index in [0.717, 1.165) is 46.5 Å². The molecule has 5 nitrogen and oxygen atoms in total. The second-order valence-corrected chi connectivity index (χ2v) is 6.10. The second-order valence-electron chi connectivity index (χ2n) is 5.18. The van der Waals surface area contributed by atoms with E-state index in [-0.39, 0.29) is 0 Å². The SMILES string of the molecule is Nc1cnc2ccc(Br)cc2c1N1CCn2ccnc2C1. The molecule has 0 radical (unpaired) electrons. The number of hydrogen-bond donors (Lipinski definition) is 1. The first-order chi connectivity index (χ1) is 10.2. The minimum Gasteiger partial charge on any atom is -0.396 e. The minimum atomic E-state index is 0.709. The van der Waals surface area contributed by atoms with Crippen molar-refractivity contribution in [1.29, 1.82) is 0 Å². The van der Waals surface area contributed by atoms with Gasteiger partial charge in [-0.3, -0.25) is 4.98 Å². The van der Waals surface area contributed by atoms with Crippen LogP contribution in [-0.2, 0) is 13.1 Å². The predicted octanol–water partition coefficient (Wildman–Crippen LogP) is 2.80. The van der Waals surface area contributed by atoms with Crippen LogP contribution < -0.4 is 10.6 Å². The number of fused-ring (bicyclic) bond motifs is 2. The first-order valence-electron chi connectivity index (χ1n) is 6.81. The van der Waals surface area contributed by atoms with E-state index in [4.69, 9.17) is 5.73 Å². The molecule has 6 heteroatoms. The van der Waals surface area contributed by atoms with Crippen LogP contribution in [0.1, 0.15) is 5.82 Å². The maximum absolute atomic E-state index is 6.22. The summed E-state index contributed by atoms with van der Waals surface area (Å²) in [5.74, 6) is 1.07. The highest BCUT2D eigenvalue weighted by Gasteiger charge is 2.21. The summed E-state index contributed by atoms with van der Waals surface area (Å²) in [6, 6.07) is 6.08. The Morgan fingerprint density at radius 2 is 2.10 bits per heavy atom.